The van der Waals surface area contributed by atoms with E-state index < -0.39 is 11.4 Å². The molecule has 0 radical (unpaired) electrons. The second-order valence-electron chi connectivity index (χ2n) is 6.56. The Morgan fingerprint density at radius 3 is 2.58 bits per heavy atom. The molecular weight excluding hydrogens is 324 g/mol. The first kappa shape index (κ1) is 16.4. The van der Waals surface area contributed by atoms with Crippen LogP contribution >= 0.6 is 11.3 Å². The number of hydrogen-bond donors (Lipinski definition) is 1. The molecule has 6 heteroatoms. The first-order valence-corrected chi connectivity index (χ1v) is 8.44. The molecule has 24 heavy (non-hydrogen) atoms. The number of aryl methyl sites for hydroxylation is 1. The zero-order valence-corrected chi connectivity index (χ0v) is 14.6. The van der Waals surface area contributed by atoms with Crippen LogP contribution in [-0.2, 0) is 11.3 Å². The fourth-order valence-electron chi connectivity index (χ4n) is 2.52. The fraction of sp³-hybridized carbons (Fsp3) is 0.278. The van der Waals surface area contributed by atoms with Gasteiger partial charge in [-0.25, -0.2) is 4.98 Å². The van der Waals surface area contributed by atoms with Crippen molar-refractivity contribution in [3.05, 3.63) is 51.9 Å². The number of carboxylic acid groups (broad SMARTS) is 1. The lowest BCUT2D eigenvalue weighted by Gasteiger charge is -2.20. The van der Waals surface area contributed by atoms with Gasteiger partial charge in [-0.1, -0.05) is 29.8 Å². The lowest BCUT2D eigenvalue weighted by Crippen LogP contribution is -2.34. The van der Waals surface area contributed by atoms with E-state index >= 15 is 0 Å². The SMILES string of the molecule is Cc1ccc(-c2csc3ncn(CC(C)(C)C(=O)O)c(=O)c23)cc1. The van der Waals surface area contributed by atoms with E-state index in [-0.39, 0.29) is 12.1 Å². The van der Waals surface area contributed by atoms with E-state index in [9.17, 15) is 14.7 Å². The van der Waals surface area contributed by atoms with Gasteiger partial charge in [0.2, 0.25) is 0 Å². The molecule has 0 atom stereocenters. The average molecular weight is 342 g/mol. The minimum absolute atomic E-state index is 0.0767. The van der Waals surface area contributed by atoms with Crippen molar-refractivity contribution in [2.45, 2.75) is 27.3 Å². The lowest BCUT2D eigenvalue weighted by molar-refractivity contribution is -0.147. The van der Waals surface area contributed by atoms with Crippen molar-refractivity contribution in [1.29, 1.82) is 0 Å². The number of rotatable bonds is 4. The molecule has 0 fully saturated rings. The van der Waals surface area contributed by atoms with Gasteiger partial charge < -0.3 is 5.11 Å². The minimum Gasteiger partial charge on any atom is -0.481 e. The number of fused-ring (bicyclic) bond motifs is 1. The van der Waals surface area contributed by atoms with Gasteiger partial charge in [0.25, 0.3) is 5.56 Å². The van der Waals surface area contributed by atoms with Crippen LogP contribution in [0.2, 0.25) is 0 Å². The largest absolute Gasteiger partial charge is 0.481 e. The third kappa shape index (κ3) is 2.85. The van der Waals surface area contributed by atoms with E-state index in [0.717, 1.165) is 16.7 Å². The molecule has 0 aliphatic carbocycles. The summed E-state index contributed by atoms with van der Waals surface area (Å²) < 4.78 is 1.39. The van der Waals surface area contributed by atoms with Gasteiger partial charge in [0.15, 0.2) is 0 Å². The number of thiophene rings is 1. The molecule has 0 unspecified atom stereocenters. The van der Waals surface area contributed by atoms with Crippen molar-refractivity contribution < 1.29 is 9.90 Å². The Morgan fingerprint density at radius 1 is 1.29 bits per heavy atom. The third-order valence-electron chi connectivity index (χ3n) is 4.07. The second-order valence-corrected chi connectivity index (χ2v) is 7.42. The van der Waals surface area contributed by atoms with Crippen molar-refractivity contribution in [1.82, 2.24) is 9.55 Å². The molecular formula is C18H18N2O3S. The zero-order valence-electron chi connectivity index (χ0n) is 13.7. The molecule has 0 amide bonds. The Hall–Kier alpha value is -2.47. The van der Waals surface area contributed by atoms with E-state index in [2.05, 4.69) is 4.98 Å². The normalized spacial score (nSPS) is 11.8. The molecule has 0 aliphatic rings. The van der Waals surface area contributed by atoms with Crippen LogP contribution in [0.3, 0.4) is 0 Å². The van der Waals surface area contributed by atoms with E-state index in [0.29, 0.717) is 10.2 Å². The summed E-state index contributed by atoms with van der Waals surface area (Å²) in [5.74, 6) is -0.946. The molecule has 5 nitrogen and oxygen atoms in total. The highest BCUT2D eigenvalue weighted by molar-refractivity contribution is 7.17. The zero-order chi connectivity index (χ0) is 17.5. The van der Waals surface area contributed by atoms with Crippen molar-refractivity contribution in [3.63, 3.8) is 0 Å². The number of nitrogens with zero attached hydrogens (tertiary/aromatic N) is 2. The molecule has 1 aromatic carbocycles. The Balaban J connectivity index is 2.14. The summed E-state index contributed by atoms with van der Waals surface area (Å²) in [4.78, 5) is 29.2. The van der Waals surface area contributed by atoms with E-state index in [4.69, 9.17) is 0 Å². The van der Waals surface area contributed by atoms with Crippen LogP contribution in [0.15, 0.2) is 40.8 Å². The number of aromatic nitrogens is 2. The lowest BCUT2D eigenvalue weighted by atomic mass is 9.94. The summed E-state index contributed by atoms with van der Waals surface area (Å²) in [6.07, 6.45) is 1.44. The van der Waals surface area contributed by atoms with Gasteiger partial charge in [0.1, 0.15) is 4.83 Å². The molecule has 2 heterocycles. The quantitative estimate of drug-likeness (QED) is 0.787. The molecule has 3 aromatic rings. The summed E-state index contributed by atoms with van der Waals surface area (Å²) in [7, 11) is 0. The molecule has 1 N–H and O–H groups in total. The fourth-order valence-corrected chi connectivity index (χ4v) is 3.43. The van der Waals surface area contributed by atoms with Crippen molar-refractivity contribution in [3.8, 4) is 11.1 Å². The molecule has 3 rings (SSSR count). The molecule has 0 saturated heterocycles. The van der Waals surface area contributed by atoms with E-state index in [1.807, 2.05) is 36.6 Å². The average Bonchev–Trinajstić information content (AvgIpc) is 2.95. The molecule has 0 bridgehead atoms. The molecule has 2 aromatic heterocycles. The molecule has 0 saturated carbocycles. The highest BCUT2D eigenvalue weighted by atomic mass is 32.1. The summed E-state index contributed by atoms with van der Waals surface area (Å²) >= 11 is 1.42. The van der Waals surface area contributed by atoms with Crippen molar-refractivity contribution in [2.75, 3.05) is 0 Å². The predicted octanol–water partition coefficient (Wildman–Crippen LogP) is 3.54. The Bertz CT molecular complexity index is 968. The van der Waals surface area contributed by atoms with Crippen LogP contribution in [0, 0.1) is 12.3 Å². The summed E-state index contributed by atoms with van der Waals surface area (Å²) in [5, 5.41) is 11.8. The Morgan fingerprint density at radius 2 is 1.96 bits per heavy atom. The first-order valence-electron chi connectivity index (χ1n) is 7.57. The van der Waals surface area contributed by atoms with Gasteiger partial charge in [-0.15, -0.1) is 11.3 Å². The van der Waals surface area contributed by atoms with Crippen molar-refractivity contribution in [2.24, 2.45) is 5.41 Å². The molecule has 0 spiro atoms. The first-order chi connectivity index (χ1) is 11.3. The molecule has 124 valence electrons. The summed E-state index contributed by atoms with van der Waals surface area (Å²) in [6, 6.07) is 7.96. The van der Waals surface area contributed by atoms with E-state index in [1.165, 1.54) is 22.2 Å². The number of carboxylic acids is 1. The highest BCUT2D eigenvalue weighted by Gasteiger charge is 2.28. The van der Waals surface area contributed by atoms with Gasteiger partial charge in [-0.2, -0.15) is 0 Å². The standard InChI is InChI=1S/C18H18N2O3S/c1-11-4-6-12(7-5-11)13-8-24-15-14(13)16(21)20(10-19-15)9-18(2,3)17(22)23/h4-8,10H,9H2,1-3H3,(H,22,23). The van der Waals surface area contributed by atoms with Gasteiger partial charge in [0.05, 0.1) is 17.1 Å². The van der Waals surface area contributed by atoms with Crippen LogP contribution in [0.1, 0.15) is 19.4 Å². The van der Waals surface area contributed by atoms with Crippen LogP contribution < -0.4 is 5.56 Å². The highest BCUT2D eigenvalue weighted by Crippen LogP contribution is 2.31. The number of hydrogen-bond acceptors (Lipinski definition) is 4. The van der Waals surface area contributed by atoms with Gasteiger partial charge >= 0.3 is 5.97 Å². The Labute approximate surface area is 143 Å². The minimum atomic E-state index is -1.04. The number of aliphatic carboxylic acids is 1. The maximum Gasteiger partial charge on any atom is 0.310 e. The topological polar surface area (TPSA) is 72.2 Å². The van der Waals surface area contributed by atoms with Crippen molar-refractivity contribution >= 4 is 27.5 Å². The second kappa shape index (κ2) is 5.87. The van der Waals surface area contributed by atoms with Crippen LogP contribution in [0.25, 0.3) is 21.3 Å². The number of benzene rings is 1. The monoisotopic (exact) mass is 342 g/mol. The summed E-state index contributed by atoms with van der Waals surface area (Å²) in [5.41, 5.74) is 1.71. The van der Waals surface area contributed by atoms with Crippen LogP contribution in [-0.4, -0.2) is 20.6 Å². The van der Waals surface area contributed by atoms with Crippen LogP contribution in [0.4, 0.5) is 0 Å². The Kier molecular flexibility index (Phi) is 4.01. The number of carbonyl (C=O) groups is 1. The van der Waals surface area contributed by atoms with Gasteiger partial charge in [0, 0.05) is 17.5 Å². The van der Waals surface area contributed by atoms with Gasteiger partial charge in [-0.3, -0.25) is 14.2 Å². The van der Waals surface area contributed by atoms with E-state index in [1.54, 1.807) is 13.8 Å². The third-order valence-corrected chi connectivity index (χ3v) is 4.95. The maximum absolute atomic E-state index is 12.9. The maximum atomic E-state index is 12.9. The smallest absolute Gasteiger partial charge is 0.310 e. The molecule has 0 aliphatic heterocycles. The van der Waals surface area contributed by atoms with Gasteiger partial charge in [-0.05, 0) is 26.3 Å². The van der Waals surface area contributed by atoms with Crippen LogP contribution in [0.5, 0.6) is 0 Å². The predicted molar refractivity (Wildman–Crippen MR) is 95.5 cm³/mol. The summed E-state index contributed by atoms with van der Waals surface area (Å²) in [6.45, 7) is 5.28.